The van der Waals surface area contributed by atoms with Crippen molar-refractivity contribution in [2.45, 2.75) is 0 Å². The van der Waals surface area contributed by atoms with Crippen molar-refractivity contribution in [3.05, 3.63) is 473 Å². The lowest BCUT2D eigenvalue weighted by molar-refractivity contribution is 1.08. The average molecular weight is 1870 g/mol. The van der Waals surface area contributed by atoms with Crippen LogP contribution in [0.3, 0.4) is 0 Å². The molecule has 0 aliphatic heterocycles. The van der Waals surface area contributed by atoms with Gasteiger partial charge in [-0.25, -0.2) is 29.9 Å². The molecule has 9 aromatic heterocycles. The van der Waals surface area contributed by atoms with Crippen LogP contribution in [0.4, 0.5) is 0 Å². The molecular weight excluding hydrogens is 1790 g/mol. The van der Waals surface area contributed by atoms with E-state index < -0.39 is 0 Å². The largest absolute Gasteiger partial charge is 0.309 e. The lowest BCUT2D eigenvalue weighted by Gasteiger charge is -2.14. The molecule has 0 bridgehead atoms. The second-order valence-corrected chi connectivity index (χ2v) is 39.5. The monoisotopic (exact) mass is 1870 g/mol. The van der Waals surface area contributed by atoms with Gasteiger partial charge in [-0.1, -0.05) is 334 Å². The van der Waals surface area contributed by atoms with Crippen LogP contribution in [0.25, 0.3) is 293 Å². The Kier molecular flexibility index (Phi) is 18.3. The van der Waals surface area contributed by atoms with Crippen LogP contribution in [0.1, 0.15) is 0 Å². The Morgan fingerprint density at radius 2 is 0.424 bits per heavy atom. The van der Waals surface area contributed by atoms with Gasteiger partial charge >= 0.3 is 0 Å². The van der Waals surface area contributed by atoms with Crippen molar-refractivity contribution in [1.82, 2.24) is 48.2 Å². The molecule has 0 aliphatic carbocycles. The van der Waals surface area contributed by atoms with E-state index in [1.807, 2.05) is 71.2 Å². The Morgan fingerprint density at radius 3 is 0.861 bits per heavy atom. The van der Waals surface area contributed by atoms with Crippen molar-refractivity contribution in [1.29, 1.82) is 0 Å². The average Bonchev–Trinajstić information content (AvgIpc) is 1.56. The van der Waals surface area contributed by atoms with Gasteiger partial charge < -0.3 is 9.13 Å². The molecular formula is C132H78N10S2. The first-order valence-electron chi connectivity index (χ1n) is 48.8. The molecule has 0 N–H and O–H groups in total. The molecule has 12 heteroatoms. The zero-order valence-corrected chi connectivity index (χ0v) is 79.0. The smallest absolute Gasteiger partial charge is 0.165 e. The summed E-state index contributed by atoms with van der Waals surface area (Å²) in [5.41, 5.74) is 24.4. The fourth-order valence-electron chi connectivity index (χ4n) is 22.9. The van der Waals surface area contributed by atoms with Gasteiger partial charge in [-0.05, 0) is 204 Å². The molecule has 10 nitrogen and oxygen atoms in total. The van der Waals surface area contributed by atoms with E-state index in [2.05, 4.69) is 443 Å². The Bertz CT molecular complexity index is 10800. The van der Waals surface area contributed by atoms with E-state index in [0.717, 1.165) is 129 Å². The van der Waals surface area contributed by atoms with Crippen LogP contribution in [0.5, 0.6) is 0 Å². The maximum atomic E-state index is 5.39. The Morgan fingerprint density at radius 1 is 0.146 bits per heavy atom. The highest BCUT2D eigenvalue weighted by atomic mass is 32.1. The van der Waals surface area contributed by atoms with Crippen molar-refractivity contribution in [2.24, 2.45) is 0 Å². The van der Waals surface area contributed by atoms with Crippen molar-refractivity contribution in [3.8, 4) is 68.0 Å². The van der Waals surface area contributed by atoms with Gasteiger partial charge in [-0.3, -0.25) is 9.13 Å². The topological polar surface area (TPSA) is 97.1 Å². The van der Waals surface area contributed by atoms with E-state index in [4.69, 9.17) is 29.9 Å². The van der Waals surface area contributed by atoms with E-state index in [-0.39, 0.29) is 0 Å². The molecule has 0 unspecified atom stereocenters. The fraction of sp³-hybridized carbons (Fsp3) is 0. The minimum atomic E-state index is 0.841. The summed E-state index contributed by atoms with van der Waals surface area (Å²) in [6.07, 6.45) is 0. The highest BCUT2D eigenvalue weighted by Crippen LogP contribution is 2.50. The first kappa shape index (κ1) is 81.3. The molecule has 0 saturated heterocycles. The molecule has 0 aliphatic rings. The van der Waals surface area contributed by atoms with Crippen molar-refractivity contribution >= 4 is 248 Å². The summed E-state index contributed by atoms with van der Waals surface area (Å²) in [6, 6.07) is 169. The molecule has 0 spiro atoms. The first-order chi connectivity index (χ1) is 71.4. The molecule has 0 radical (unpaired) electrons. The van der Waals surface area contributed by atoms with Gasteiger partial charge in [0.15, 0.2) is 11.6 Å². The van der Waals surface area contributed by atoms with Gasteiger partial charge in [0.1, 0.15) is 11.4 Å². The first-order valence-corrected chi connectivity index (χ1v) is 50.4. The summed E-state index contributed by atoms with van der Waals surface area (Å²) in [5.74, 6) is 1.68. The highest BCUT2D eigenvalue weighted by Gasteiger charge is 2.28. The lowest BCUT2D eigenvalue weighted by Crippen LogP contribution is -2.03. The minimum absolute atomic E-state index is 0.841. The molecule has 9 heterocycles. The standard InChI is InChI=1S/C52H32N4.2C40H23N3S/c1-2-14-37(15-3-1)55-45-21-11-8-18-41(45)42-29-24-36(32-48(42)55)52-51(53-43-19-9-10-20-44(43)54-52)35-22-27-38(28-23-35)56-46-30-25-33-12-4-6-16-39(33)49(46)50-40-17-7-5-13-34(40)26-31-47(50)56;1-3-11-27-24(9-1)18-21-33-37(27)38-28-12-4-2-10-25(28)19-22-34(38)43(33)40-39(41-31-14-6-7-15-32(31)42-40)26-17-20-30-29-13-5-8-16-35(29)44-36(30)23-26;1-3-11-27-24(9-1)17-20-33-37(27)38-28-12-4-2-10-25(28)18-21-34(38)43(33)40-39(41-31-14-6-7-15-32(31)42-40)26-19-22-36-30(23-26)29-13-5-8-16-35(29)44-36/h1-32H;2*1-23H. The van der Waals surface area contributed by atoms with E-state index in [0.29, 0.717) is 0 Å². The summed E-state index contributed by atoms with van der Waals surface area (Å²) >= 11 is 3.67. The molecule has 144 heavy (non-hydrogen) atoms. The number of benzene rings is 23. The molecule has 32 aromatic rings. The number of nitrogens with zero attached hydrogens (tertiary/aromatic N) is 10. The number of aromatic nitrogens is 10. The fourth-order valence-corrected chi connectivity index (χ4v) is 25.2. The van der Waals surface area contributed by atoms with Gasteiger partial charge in [0, 0.05) is 117 Å². The molecule has 0 saturated carbocycles. The second kappa shape index (κ2) is 32.4. The molecule has 32 rings (SSSR count). The molecule has 668 valence electrons. The predicted octanol–water partition coefficient (Wildman–Crippen LogP) is 35.6. The third-order valence-electron chi connectivity index (χ3n) is 29.4. The number of rotatable bonds is 8. The molecule has 23 aromatic carbocycles. The SMILES string of the molecule is c1ccc(-n2c3ccccc3c3ccc(-c4nc5ccccc5nc4-c4ccc(-n5c6ccc7ccccc7c6c6c7ccccc7ccc65)cc4)cc32)cc1.c1ccc2c(c1)ccc1c2c2c3ccccc3ccc2n1-c1nc2ccccc2nc1-c1ccc2c(c1)sc1ccccc12.c1ccc2c(c1)ccc1c2c2c3ccccc3ccc2n1-c1nc2ccccc2nc1-c1ccc2sc3ccccc3c2c1. The third kappa shape index (κ3) is 12.7. The normalized spacial score (nSPS) is 12.0. The lowest BCUT2D eigenvalue weighted by atomic mass is 10.00. The zero-order chi connectivity index (χ0) is 94.3. The van der Waals surface area contributed by atoms with E-state index in [9.17, 15) is 0 Å². The van der Waals surface area contributed by atoms with Gasteiger partial charge in [0.2, 0.25) is 0 Å². The summed E-state index contributed by atoms with van der Waals surface area (Å²) < 4.78 is 14.6. The predicted molar refractivity (Wildman–Crippen MR) is 609 cm³/mol. The molecule has 0 fully saturated rings. The quantitative estimate of drug-likeness (QED) is 0.150. The number of thiophene rings is 2. The van der Waals surface area contributed by atoms with Gasteiger partial charge in [0.25, 0.3) is 0 Å². The van der Waals surface area contributed by atoms with Crippen molar-refractivity contribution < 1.29 is 0 Å². The van der Waals surface area contributed by atoms with Gasteiger partial charge in [-0.15, -0.1) is 22.7 Å². The maximum absolute atomic E-state index is 5.39. The van der Waals surface area contributed by atoms with Crippen LogP contribution in [0.2, 0.25) is 0 Å². The zero-order valence-electron chi connectivity index (χ0n) is 77.3. The van der Waals surface area contributed by atoms with E-state index in [1.165, 1.54) is 165 Å². The number of fused-ring (bicyclic) bond motifs is 33. The van der Waals surface area contributed by atoms with Gasteiger partial charge in [0.05, 0.1) is 88.6 Å². The van der Waals surface area contributed by atoms with Crippen molar-refractivity contribution in [3.63, 3.8) is 0 Å². The molecule has 0 amide bonds. The molecule has 0 atom stereocenters. The Balaban J connectivity index is 0.000000102. The van der Waals surface area contributed by atoms with Crippen LogP contribution >= 0.6 is 22.7 Å². The third-order valence-corrected chi connectivity index (χ3v) is 31.7. The number of hydrogen-bond acceptors (Lipinski definition) is 8. The summed E-state index contributed by atoms with van der Waals surface area (Å²) in [4.78, 5) is 32.1. The highest BCUT2D eigenvalue weighted by molar-refractivity contribution is 7.26. The van der Waals surface area contributed by atoms with Crippen LogP contribution in [-0.2, 0) is 0 Å². The summed E-state index contributed by atoms with van der Waals surface area (Å²) in [7, 11) is 0. The van der Waals surface area contributed by atoms with E-state index in [1.54, 1.807) is 0 Å². The van der Waals surface area contributed by atoms with Gasteiger partial charge in [-0.2, -0.15) is 0 Å². The van der Waals surface area contributed by atoms with Crippen molar-refractivity contribution in [2.75, 3.05) is 0 Å². The summed E-state index contributed by atoms with van der Waals surface area (Å²) in [6.45, 7) is 0. The Labute approximate surface area is 831 Å². The Hall–Kier alpha value is -18.7. The van der Waals surface area contributed by atoms with Crippen LogP contribution in [0.15, 0.2) is 473 Å². The van der Waals surface area contributed by atoms with Crippen LogP contribution in [0, 0.1) is 0 Å². The minimum Gasteiger partial charge on any atom is -0.309 e. The second-order valence-electron chi connectivity index (χ2n) is 37.4. The van der Waals surface area contributed by atoms with E-state index >= 15 is 0 Å². The maximum Gasteiger partial charge on any atom is 0.165 e. The number of para-hydroxylation sites is 8. The summed E-state index contributed by atoms with van der Waals surface area (Å²) in [5, 5.41) is 30.0. The van der Waals surface area contributed by atoms with Crippen LogP contribution < -0.4 is 0 Å². The van der Waals surface area contributed by atoms with Crippen LogP contribution in [-0.4, -0.2) is 48.2 Å². The number of hydrogen-bond donors (Lipinski definition) is 0.